The average Bonchev–Trinajstić information content (AvgIpc) is 2.84. The maximum atomic E-state index is 11.4. The first kappa shape index (κ1) is 11.2. The Labute approximate surface area is 101 Å². The molecule has 0 radical (unpaired) electrons. The summed E-state index contributed by atoms with van der Waals surface area (Å²) in [6.07, 6.45) is 4.62. The Bertz CT molecular complexity index is 527. The first-order valence-electron chi connectivity index (χ1n) is 6.04. The van der Waals surface area contributed by atoms with Gasteiger partial charge in [0.1, 0.15) is 0 Å². The van der Waals surface area contributed by atoms with Crippen molar-refractivity contribution >= 4 is 9.84 Å². The lowest BCUT2D eigenvalue weighted by molar-refractivity contribution is 0.452. The van der Waals surface area contributed by atoms with Gasteiger partial charge in [-0.3, -0.25) is 4.98 Å². The van der Waals surface area contributed by atoms with Crippen LogP contribution in [0.15, 0.2) is 18.3 Å². The van der Waals surface area contributed by atoms with Gasteiger partial charge < -0.3 is 5.32 Å². The monoisotopic (exact) mass is 252 g/mol. The Kier molecular flexibility index (Phi) is 2.67. The molecule has 1 aliphatic heterocycles. The highest BCUT2D eigenvalue weighted by molar-refractivity contribution is 7.91. The van der Waals surface area contributed by atoms with E-state index in [9.17, 15) is 8.42 Å². The molecule has 2 unspecified atom stereocenters. The third kappa shape index (κ3) is 2.21. The molecule has 5 heteroatoms. The molecule has 2 aliphatic rings. The second-order valence-corrected chi connectivity index (χ2v) is 7.13. The second kappa shape index (κ2) is 4.07. The minimum Gasteiger partial charge on any atom is -0.305 e. The smallest absolute Gasteiger partial charge is 0.151 e. The van der Waals surface area contributed by atoms with Crippen LogP contribution in [0.25, 0.3) is 0 Å². The minimum atomic E-state index is -2.80. The largest absolute Gasteiger partial charge is 0.305 e. The normalized spacial score (nSPS) is 30.4. The van der Waals surface area contributed by atoms with Gasteiger partial charge in [-0.1, -0.05) is 6.07 Å². The van der Waals surface area contributed by atoms with E-state index in [1.54, 1.807) is 0 Å². The van der Waals surface area contributed by atoms with Gasteiger partial charge in [-0.05, 0) is 30.9 Å². The highest BCUT2D eigenvalue weighted by Gasteiger charge is 2.32. The van der Waals surface area contributed by atoms with Crippen molar-refractivity contribution in [1.82, 2.24) is 10.3 Å². The standard InChI is InChI=1S/C12H16N2O2S/c15-17(16)7-5-10(8-17)14-11-4-3-9-2-1-6-13-12(9)11/h1-2,6,10-11,14H,3-5,7-8H2. The van der Waals surface area contributed by atoms with Crippen LogP contribution in [-0.4, -0.2) is 30.9 Å². The first-order valence-corrected chi connectivity index (χ1v) is 7.86. The number of aryl methyl sites for hydroxylation is 1. The van der Waals surface area contributed by atoms with Gasteiger partial charge in [0.25, 0.3) is 0 Å². The van der Waals surface area contributed by atoms with Gasteiger partial charge in [-0.2, -0.15) is 0 Å². The van der Waals surface area contributed by atoms with Crippen molar-refractivity contribution in [2.24, 2.45) is 0 Å². The Morgan fingerprint density at radius 1 is 1.35 bits per heavy atom. The summed E-state index contributed by atoms with van der Waals surface area (Å²) in [6.45, 7) is 0. The molecule has 0 amide bonds. The third-order valence-electron chi connectivity index (χ3n) is 3.63. The molecular formula is C12H16N2O2S. The zero-order valence-electron chi connectivity index (χ0n) is 9.59. The fraction of sp³-hybridized carbons (Fsp3) is 0.583. The molecule has 0 aromatic carbocycles. The molecule has 4 nitrogen and oxygen atoms in total. The van der Waals surface area contributed by atoms with Crippen LogP contribution >= 0.6 is 0 Å². The molecule has 17 heavy (non-hydrogen) atoms. The zero-order valence-corrected chi connectivity index (χ0v) is 10.4. The summed E-state index contributed by atoms with van der Waals surface area (Å²) in [7, 11) is -2.80. The van der Waals surface area contributed by atoms with Crippen LogP contribution in [0.2, 0.25) is 0 Å². The third-order valence-corrected chi connectivity index (χ3v) is 5.40. The molecular weight excluding hydrogens is 236 g/mol. The van der Waals surface area contributed by atoms with Gasteiger partial charge in [-0.15, -0.1) is 0 Å². The molecule has 0 bridgehead atoms. The summed E-state index contributed by atoms with van der Waals surface area (Å²) in [5.74, 6) is 0.609. The topological polar surface area (TPSA) is 59.1 Å². The molecule has 0 spiro atoms. The summed E-state index contributed by atoms with van der Waals surface area (Å²) in [6, 6.07) is 4.42. The van der Waals surface area contributed by atoms with E-state index in [1.807, 2.05) is 12.3 Å². The van der Waals surface area contributed by atoms with Crippen LogP contribution in [0, 0.1) is 0 Å². The summed E-state index contributed by atoms with van der Waals surface area (Å²) in [4.78, 5) is 4.41. The Hall–Kier alpha value is -0.940. The van der Waals surface area contributed by atoms with Crippen LogP contribution in [0.5, 0.6) is 0 Å². The van der Waals surface area contributed by atoms with Gasteiger partial charge >= 0.3 is 0 Å². The van der Waals surface area contributed by atoms with E-state index in [2.05, 4.69) is 16.4 Å². The molecule has 1 aliphatic carbocycles. The van der Waals surface area contributed by atoms with Crippen molar-refractivity contribution in [2.75, 3.05) is 11.5 Å². The van der Waals surface area contributed by atoms with Crippen LogP contribution in [0.3, 0.4) is 0 Å². The van der Waals surface area contributed by atoms with Crippen LogP contribution in [0.4, 0.5) is 0 Å². The highest BCUT2D eigenvalue weighted by atomic mass is 32.2. The molecule has 1 aromatic heterocycles. The fourth-order valence-electron chi connectivity index (χ4n) is 2.79. The number of hydrogen-bond donors (Lipinski definition) is 1. The van der Waals surface area contributed by atoms with Crippen molar-refractivity contribution in [3.63, 3.8) is 0 Å². The molecule has 0 saturated carbocycles. The average molecular weight is 252 g/mol. The van der Waals surface area contributed by atoms with Gasteiger partial charge in [0.15, 0.2) is 9.84 Å². The van der Waals surface area contributed by atoms with Crippen molar-refractivity contribution in [1.29, 1.82) is 0 Å². The quantitative estimate of drug-likeness (QED) is 0.847. The van der Waals surface area contributed by atoms with E-state index in [0.717, 1.165) is 25.0 Å². The molecule has 1 fully saturated rings. The molecule has 1 aromatic rings. The van der Waals surface area contributed by atoms with Crippen molar-refractivity contribution in [3.8, 4) is 0 Å². The number of pyridine rings is 1. The molecule has 1 saturated heterocycles. The summed E-state index contributed by atoms with van der Waals surface area (Å²) >= 11 is 0. The maximum absolute atomic E-state index is 11.4. The Morgan fingerprint density at radius 2 is 2.24 bits per heavy atom. The molecule has 92 valence electrons. The number of hydrogen-bond acceptors (Lipinski definition) is 4. The van der Waals surface area contributed by atoms with Gasteiger partial charge in [0.05, 0.1) is 23.2 Å². The molecule has 2 atom stereocenters. The number of fused-ring (bicyclic) bond motifs is 1. The van der Waals surface area contributed by atoms with E-state index in [0.29, 0.717) is 5.75 Å². The van der Waals surface area contributed by atoms with E-state index in [4.69, 9.17) is 0 Å². The summed E-state index contributed by atoms with van der Waals surface area (Å²) in [5, 5.41) is 3.45. The number of nitrogens with one attached hydrogen (secondary N) is 1. The number of aromatic nitrogens is 1. The van der Waals surface area contributed by atoms with E-state index < -0.39 is 9.84 Å². The van der Waals surface area contributed by atoms with Gasteiger partial charge in [0, 0.05) is 12.2 Å². The Morgan fingerprint density at radius 3 is 3.00 bits per heavy atom. The number of sulfone groups is 1. The van der Waals surface area contributed by atoms with E-state index >= 15 is 0 Å². The lowest BCUT2D eigenvalue weighted by Gasteiger charge is -2.17. The fourth-order valence-corrected chi connectivity index (χ4v) is 4.47. The Balaban J connectivity index is 1.72. The van der Waals surface area contributed by atoms with Crippen LogP contribution in [-0.2, 0) is 16.3 Å². The predicted molar refractivity (Wildman–Crippen MR) is 65.5 cm³/mol. The predicted octanol–water partition coefficient (Wildman–Crippen LogP) is 0.846. The van der Waals surface area contributed by atoms with Gasteiger partial charge in [-0.25, -0.2) is 8.42 Å². The van der Waals surface area contributed by atoms with Crippen molar-refractivity contribution < 1.29 is 8.42 Å². The summed E-state index contributed by atoms with van der Waals surface area (Å²) in [5.41, 5.74) is 2.41. The number of nitrogens with zero attached hydrogens (tertiary/aromatic N) is 1. The van der Waals surface area contributed by atoms with Crippen molar-refractivity contribution in [3.05, 3.63) is 29.6 Å². The van der Waals surface area contributed by atoms with E-state index in [-0.39, 0.29) is 17.8 Å². The summed E-state index contributed by atoms with van der Waals surface area (Å²) < 4.78 is 22.8. The minimum absolute atomic E-state index is 0.109. The molecule has 1 N–H and O–H groups in total. The first-order chi connectivity index (χ1) is 8.14. The SMILES string of the molecule is O=S1(=O)CCC(NC2CCc3cccnc32)C1. The zero-order chi connectivity index (χ0) is 11.9. The maximum Gasteiger partial charge on any atom is 0.151 e. The second-order valence-electron chi connectivity index (χ2n) is 4.91. The van der Waals surface area contributed by atoms with Crippen LogP contribution in [0.1, 0.15) is 30.1 Å². The van der Waals surface area contributed by atoms with Crippen LogP contribution < -0.4 is 5.32 Å². The molecule has 2 heterocycles. The van der Waals surface area contributed by atoms with Gasteiger partial charge in [0.2, 0.25) is 0 Å². The number of rotatable bonds is 2. The lowest BCUT2D eigenvalue weighted by atomic mass is 10.1. The van der Waals surface area contributed by atoms with Crippen molar-refractivity contribution in [2.45, 2.75) is 31.3 Å². The highest BCUT2D eigenvalue weighted by Crippen LogP contribution is 2.30. The van der Waals surface area contributed by atoms with E-state index in [1.165, 1.54) is 5.56 Å². The lowest BCUT2D eigenvalue weighted by Crippen LogP contribution is -2.33. The molecule has 3 rings (SSSR count).